The highest BCUT2D eigenvalue weighted by Crippen LogP contribution is 2.20. The van der Waals surface area contributed by atoms with Gasteiger partial charge in [0.05, 0.1) is 17.6 Å². The van der Waals surface area contributed by atoms with Gasteiger partial charge in [-0.15, -0.1) is 0 Å². The Hall–Kier alpha value is -3.32. The Bertz CT molecular complexity index is 1050. The van der Waals surface area contributed by atoms with E-state index in [0.29, 0.717) is 11.4 Å². The van der Waals surface area contributed by atoms with Gasteiger partial charge in [-0.25, -0.2) is 13.2 Å². The van der Waals surface area contributed by atoms with E-state index in [9.17, 15) is 13.2 Å². The number of sulfonamides is 1. The van der Waals surface area contributed by atoms with Gasteiger partial charge in [0, 0.05) is 5.69 Å². The number of benzene rings is 3. The van der Waals surface area contributed by atoms with Crippen LogP contribution in [0.1, 0.15) is 15.9 Å². The van der Waals surface area contributed by atoms with Crippen LogP contribution in [0.4, 0.5) is 5.69 Å². The zero-order valence-corrected chi connectivity index (χ0v) is 16.0. The Morgan fingerprint density at radius 3 is 2.32 bits per heavy atom. The second kappa shape index (κ2) is 8.58. The van der Waals surface area contributed by atoms with E-state index < -0.39 is 16.0 Å². The fraction of sp³-hybridized carbons (Fsp3) is 0.0952. The molecule has 3 aromatic carbocycles. The number of anilines is 1. The molecule has 0 aliphatic heterocycles. The smallest absolute Gasteiger partial charge is 0.338 e. The van der Waals surface area contributed by atoms with Gasteiger partial charge in [0.2, 0.25) is 0 Å². The second-order valence-corrected chi connectivity index (χ2v) is 7.61. The third-order valence-corrected chi connectivity index (χ3v) is 5.31. The molecule has 0 radical (unpaired) electrons. The Balaban J connectivity index is 1.72. The van der Waals surface area contributed by atoms with Gasteiger partial charge in [0.1, 0.15) is 12.4 Å². The Labute approximate surface area is 163 Å². The molecule has 0 unspecified atom stereocenters. The van der Waals surface area contributed by atoms with Gasteiger partial charge in [-0.05, 0) is 48.0 Å². The normalized spacial score (nSPS) is 10.9. The molecular weight excluding hydrogens is 378 g/mol. The number of methoxy groups -OCH3 is 1. The van der Waals surface area contributed by atoms with E-state index in [1.54, 1.807) is 24.3 Å². The van der Waals surface area contributed by atoms with Crippen molar-refractivity contribution in [1.82, 2.24) is 0 Å². The van der Waals surface area contributed by atoms with Gasteiger partial charge in [0.25, 0.3) is 10.0 Å². The lowest BCUT2D eigenvalue weighted by Crippen LogP contribution is -2.14. The van der Waals surface area contributed by atoms with Crippen LogP contribution in [0.2, 0.25) is 0 Å². The number of carbonyl (C=O) groups excluding carboxylic acids is 1. The number of ether oxygens (including phenoxy) is 2. The monoisotopic (exact) mass is 397 g/mol. The lowest BCUT2D eigenvalue weighted by atomic mass is 10.2. The average molecular weight is 397 g/mol. The number of carbonyl (C=O) groups is 1. The number of nitrogens with one attached hydrogen (secondary N) is 1. The van der Waals surface area contributed by atoms with Gasteiger partial charge >= 0.3 is 5.97 Å². The van der Waals surface area contributed by atoms with Crippen LogP contribution in [0.25, 0.3) is 0 Å². The van der Waals surface area contributed by atoms with Crippen LogP contribution in [-0.4, -0.2) is 21.5 Å². The van der Waals surface area contributed by atoms with Crippen molar-refractivity contribution in [2.45, 2.75) is 11.5 Å². The van der Waals surface area contributed by atoms with Crippen molar-refractivity contribution in [2.75, 3.05) is 11.8 Å². The van der Waals surface area contributed by atoms with Gasteiger partial charge in [-0.2, -0.15) is 0 Å². The second-order valence-electron chi connectivity index (χ2n) is 5.92. The zero-order chi connectivity index (χ0) is 20.0. The number of hydrogen-bond donors (Lipinski definition) is 1. The molecule has 3 aromatic rings. The first-order valence-electron chi connectivity index (χ1n) is 8.46. The SMILES string of the molecule is COc1ccc(NS(=O)(=O)c2cccc(C(=O)OCc3ccccc3)c2)cc1. The van der Waals surface area contributed by atoms with Crippen LogP contribution in [-0.2, 0) is 21.4 Å². The minimum Gasteiger partial charge on any atom is -0.497 e. The van der Waals surface area contributed by atoms with Crippen molar-refractivity contribution in [1.29, 1.82) is 0 Å². The largest absolute Gasteiger partial charge is 0.497 e. The van der Waals surface area contributed by atoms with Crippen molar-refractivity contribution in [2.24, 2.45) is 0 Å². The Morgan fingerprint density at radius 2 is 1.64 bits per heavy atom. The fourth-order valence-corrected chi connectivity index (χ4v) is 3.57. The maximum atomic E-state index is 12.6. The molecule has 0 atom stereocenters. The topological polar surface area (TPSA) is 81.7 Å². The summed E-state index contributed by atoms with van der Waals surface area (Å²) in [7, 11) is -2.33. The quantitative estimate of drug-likeness (QED) is 0.613. The van der Waals surface area contributed by atoms with Crippen LogP contribution in [0.5, 0.6) is 5.75 Å². The van der Waals surface area contributed by atoms with E-state index in [1.165, 1.54) is 31.4 Å². The first kappa shape index (κ1) is 19.4. The average Bonchev–Trinajstić information content (AvgIpc) is 2.73. The molecule has 28 heavy (non-hydrogen) atoms. The maximum absolute atomic E-state index is 12.6. The van der Waals surface area contributed by atoms with Crippen LogP contribution < -0.4 is 9.46 Å². The summed E-state index contributed by atoms with van der Waals surface area (Å²) in [5, 5.41) is 0. The first-order chi connectivity index (χ1) is 13.5. The summed E-state index contributed by atoms with van der Waals surface area (Å²) in [6.45, 7) is 0.112. The Kier molecular flexibility index (Phi) is 5.96. The summed E-state index contributed by atoms with van der Waals surface area (Å²) in [4.78, 5) is 12.2. The van der Waals surface area contributed by atoms with Crippen LogP contribution in [0.15, 0.2) is 83.8 Å². The van der Waals surface area contributed by atoms with Gasteiger partial charge in [-0.1, -0.05) is 36.4 Å². The number of hydrogen-bond acceptors (Lipinski definition) is 5. The molecule has 0 fully saturated rings. The van der Waals surface area contributed by atoms with Crippen molar-refractivity contribution >= 4 is 21.7 Å². The molecule has 144 valence electrons. The molecule has 0 aliphatic carbocycles. The lowest BCUT2D eigenvalue weighted by molar-refractivity contribution is 0.0472. The first-order valence-corrected chi connectivity index (χ1v) is 9.94. The lowest BCUT2D eigenvalue weighted by Gasteiger charge is -2.10. The summed E-state index contributed by atoms with van der Waals surface area (Å²) in [6.07, 6.45) is 0. The molecule has 0 aliphatic rings. The van der Waals surface area contributed by atoms with E-state index >= 15 is 0 Å². The predicted molar refractivity (Wildman–Crippen MR) is 106 cm³/mol. The van der Waals surface area contributed by atoms with Crippen molar-refractivity contribution < 1.29 is 22.7 Å². The highest BCUT2D eigenvalue weighted by molar-refractivity contribution is 7.92. The number of esters is 1. The molecule has 0 aromatic heterocycles. The molecule has 0 spiro atoms. The van der Waals surface area contributed by atoms with Crippen LogP contribution in [0.3, 0.4) is 0 Å². The molecular formula is C21H19NO5S. The Morgan fingerprint density at radius 1 is 0.929 bits per heavy atom. The minimum absolute atomic E-state index is 0.0301. The minimum atomic E-state index is -3.85. The summed E-state index contributed by atoms with van der Waals surface area (Å²) in [5.41, 5.74) is 1.40. The highest BCUT2D eigenvalue weighted by Gasteiger charge is 2.17. The maximum Gasteiger partial charge on any atom is 0.338 e. The molecule has 0 saturated heterocycles. The number of rotatable bonds is 7. The molecule has 3 rings (SSSR count). The third kappa shape index (κ3) is 4.89. The van der Waals surface area contributed by atoms with Crippen LogP contribution in [0, 0.1) is 0 Å². The molecule has 6 nitrogen and oxygen atoms in total. The standard InChI is InChI=1S/C21H19NO5S/c1-26-19-12-10-18(11-13-19)22-28(24,25)20-9-5-8-17(14-20)21(23)27-15-16-6-3-2-4-7-16/h2-14,22H,15H2,1H3. The summed E-state index contributed by atoms with van der Waals surface area (Å²) >= 11 is 0. The van der Waals surface area contributed by atoms with Crippen molar-refractivity contribution in [3.8, 4) is 5.75 Å². The molecule has 0 heterocycles. The van der Waals surface area contributed by atoms with Gasteiger partial charge < -0.3 is 9.47 Å². The van der Waals surface area contributed by atoms with Crippen LogP contribution >= 0.6 is 0 Å². The molecule has 1 N–H and O–H groups in total. The predicted octanol–water partition coefficient (Wildman–Crippen LogP) is 3.85. The molecule has 0 amide bonds. The summed E-state index contributed by atoms with van der Waals surface area (Å²) < 4.78 is 38.0. The zero-order valence-electron chi connectivity index (χ0n) is 15.2. The summed E-state index contributed by atoms with van der Waals surface area (Å²) in [6, 6.07) is 21.4. The van der Waals surface area contributed by atoms with Gasteiger partial charge in [-0.3, -0.25) is 4.72 Å². The van der Waals surface area contributed by atoms with E-state index in [4.69, 9.17) is 9.47 Å². The molecule has 7 heteroatoms. The van der Waals surface area contributed by atoms with E-state index in [0.717, 1.165) is 5.56 Å². The highest BCUT2D eigenvalue weighted by atomic mass is 32.2. The van der Waals surface area contributed by atoms with E-state index in [1.807, 2.05) is 30.3 Å². The van der Waals surface area contributed by atoms with Crippen molar-refractivity contribution in [3.05, 3.63) is 90.0 Å². The molecule has 0 bridgehead atoms. The summed E-state index contributed by atoms with van der Waals surface area (Å²) in [5.74, 6) is 0.0245. The third-order valence-electron chi connectivity index (χ3n) is 3.94. The van der Waals surface area contributed by atoms with E-state index in [2.05, 4.69) is 4.72 Å². The molecule has 0 saturated carbocycles. The van der Waals surface area contributed by atoms with Gasteiger partial charge in [0.15, 0.2) is 0 Å². The van der Waals surface area contributed by atoms with E-state index in [-0.39, 0.29) is 17.1 Å². The van der Waals surface area contributed by atoms with Crippen molar-refractivity contribution in [3.63, 3.8) is 0 Å². The fourth-order valence-electron chi connectivity index (χ4n) is 2.47.